The van der Waals surface area contributed by atoms with Crippen molar-refractivity contribution in [1.29, 1.82) is 0 Å². The molecule has 3 N–H and O–H groups in total. The molecule has 64 valence electrons. The molecule has 0 aromatic heterocycles. The zero-order valence-corrected chi connectivity index (χ0v) is 6.73. The van der Waals surface area contributed by atoms with E-state index in [0.29, 0.717) is 13.3 Å². The second-order valence-electron chi connectivity index (χ2n) is 2.07. The fraction of sp³-hybridized carbons (Fsp3) is 0.667. The van der Waals surface area contributed by atoms with Crippen molar-refractivity contribution >= 4 is 11.8 Å². The lowest BCUT2D eigenvalue weighted by atomic mass is 10.7. The zero-order valence-electron chi connectivity index (χ0n) is 6.73. The van der Waals surface area contributed by atoms with Crippen LogP contribution in [0.1, 0.15) is 13.8 Å². The molecule has 0 rings (SSSR count). The molecule has 5 nitrogen and oxygen atoms in total. The van der Waals surface area contributed by atoms with Gasteiger partial charge in [-0.2, -0.15) is 0 Å². The van der Waals surface area contributed by atoms with Gasteiger partial charge in [0.15, 0.2) is 0 Å². The molecular weight excluding hydrogens is 146 g/mol. The average molecular weight is 159 g/mol. The number of hydrogen-bond donors (Lipinski definition) is 3. The van der Waals surface area contributed by atoms with E-state index in [9.17, 15) is 9.59 Å². The van der Waals surface area contributed by atoms with Crippen LogP contribution in [0.5, 0.6) is 0 Å². The minimum Gasteiger partial charge on any atom is -0.344 e. The van der Waals surface area contributed by atoms with Crippen molar-refractivity contribution in [3.8, 4) is 0 Å². The predicted molar refractivity (Wildman–Crippen MR) is 40.5 cm³/mol. The minimum atomic E-state index is -0.0969. The highest BCUT2D eigenvalue weighted by Crippen LogP contribution is 1.58. The first-order valence-corrected chi connectivity index (χ1v) is 3.32. The van der Waals surface area contributed by atoms with Crippen molar-refractivity contribution in [2.75, 3.05) is 13.3 Å². The first-order valence-electron chi connectivity index (χ1n) is 3.32. The van der Waals surface area contributed by atoms with Gasteiger partial charge in [-0.05, 0) is 0 Å². The third-order valence-corrected chi connectivity index (χ3v) is 0.925. The van der Waals surface area contributed by atoms with Gasteiger partial charge in [0.05, 0.1) is 13.3 Å². The maximum atomic E-state index is 10.3. The van der Waals surface area contributed by atoms with Gasteiger partial charge in [0, 0.05) is 13.8 Å². The van der Waals surface area contributed by atoms with Crippen LogP contribution in [0.15, 0.2) is 0 Å². The summed E-state index contributed by atoms with van der Waals surface area (Å²) >= 11 is 0. The fourth-order valence-electron chi connectivity index (χ4n) is 0.436. The molecule has 0 unspecified atom stereocenters. The summed E-state index contributed by atoms with van der Waals surface area (Å²) in [6.45, 7) is 3.60. The molecule has 0 radical (unpaired) electrons. The van der Waals surface area contributed by atoms with Gasteiger partial charge in [0.1, 0.15) is 0 Å². The Morgan fingerprint density at radius 1 is 1.00 bits per heavy atom. The highest BCUT2D eigenvalue weighted by atomic mass is 16.2. The summed E-state index contributed by atoms with van der Waals surface area (Å²) in [7, 11) is 0. The van der Waals surface area contributed by atoms with Crippen LogP contribution in [0.3, 0.4) is 0 Å². The Labute approximate surface area is 65.5 Å². The van der Waals surface area contributed by atoms with Crippen LogP contribution in [0.25, 0.3) is 0 Å². The van der Waals surface area contributed by atoms with Crippen LogP contribution < -0.4 is 16.0 Å². The molecule has 5 heteroatoms. The topological polar surface area (TPSA) is 70.2 Å². The van der Waals surface area contributed by atoms with Crippen molar-refractivity contribution in [1.82, 2.24) is 16.0 Å². The van der Waals surface area contributed by atoms with E-state index in [1.54, 1.807) is 0 Å². The van der Waals surface area contributed by atoms with Gasteiger partial charge in [-0.1, -0.05) is 0 Å². The molecule has 0 atom stereocenters. The molecule has 0 aliphatic carbocycles. The number of rotatable bonds is 4. The average Bonchev–Trinajstić information content (AvgIpc) is 1.85. The Kier molecular flexibility index (Phi) is 5.10. The monoisotopic (exact) mass is 159 g/mol. The minimum absolute atomic E-state index is 0.0969. The molecule has 0 spiro atoms. The third kappa shape index (κ3) is 8.90. The Morgan fingerprint density at radius 3 is 1.64 bits per heavy atom. The van der Waals surface area contributed by atoms with E-state index in [-0.39, 0.29) is 11.8 Å². The van der Waals surface area contributed by atoms with Crippen molar-refractivity contribution in [3.63, 3.8) is 0 Å². The maximum Gasteiger partial charge on any atom is 0.217 e. The van der Waals surface area contributed by atoms with E-state index in [1.807, 2.05) is 0 Å². The highest BCUT2D eigenvalue weighted by Gasteiger charge is 1.89. The summed E-state index contributed by atoms with van der Waals surface area (Å²) in [6, 6.07) is 0. The van der Waals surface area contributed by atoms with E-state index in [4.69, 9.17) is 0 Å². The van der Waals surface area contributed by atoms with Gasteiger partial charge < -0.3 is 10.6 Å². The molecule has 0 saturated carbocycles. The summed E-state index contributed by atoms with van der Waals surface area (Å²) < 4.78 is 0. The van der Waals surface area contributed by atoms with E-state index in [1.165, 1.54) is 13.8 Å². The summed E-state index contributed by atoms with van der Waals surface area (Å²) in [5, 5.41) is 7.82. The lowest BCUT2D eigenvalue weighted by Gasteiger charge is -2.04. The van der Waals surface area contributed by atoms with Gasteiger partial charge in [-0.15, -0.1) is 0 Å². The van der Waals surface area contributed by atoms with Gasteiger partial charge in [-0.25, -0.2) is 0 Å². The number of carbonyl (C=O) groups excluding carboxylic acids is 2. The number of nitrogens with one attached hydrogen (secondary N) is 3. The van der Waals surface area contributed by atoms with Gasteiger partial charge in [0.25, 0.3) is 0 Å². The second kappa shape index (κ2) is 5.67. The lowest BCUT2D eigenvalue weighted by molar-refractivity contribution is -0.119. The molecule has 0 aliphatic rings. The van der Waals surface area contributed by atoms with Crippen LogP contribution >= 0.6 is 0 Å². The number of hydrogen-bond acceptors (Lipinski definition) is 3. The summed E-state index contributed by atoms with van der Waals surface area (Å²) in [6.07, 6.45) is 0. The summed E-state index contributed by atoms with van der Waals surface area (Å²) in [5.41, 5.74) is 0. The molecule has 2 amide bonds. The van der Waals surface area contributed by atoms with Crippen molar-refractivity contribution in [3.05, 3.63) is 0 Å². The largest absolute Gasteiger partial charge is 0.344 e. The molecule has 0 aromatic rings. The Hall–Kier alpha value is -1.10. The zero-order chi connectivity index (χ0) is 8.69. The van der Waals surface area contributed by atoms with Crippen molar-refractivity contribution in [2.45, 2.75) is 13.8 Å². The lowest BCUT2D eigenvalue weighted by Crippen LogP contribution is -2.39. The molecular formula is C6H13N3O2. The first kappa shape index (κ1) is 9.90. The van der Waals surface area contributed by atoms with Crippen LogP contribution in [-0.4, -0.2) is 25.2 Å². The molecule has 0 heterocycles. The smallest absolute Gasteiger partial charge is 0.217 e. The van der Waals surface area contributed by atoms with Gasteiger partial charge in [-0.3, -0.25) is 14.9 Å². The van der Waals surface area contributed by atoms with Gasteiger partial charge >= 0.3 is 0 Å². The SMILES string of the molecule is CC(=O)NCNCNC(C)=O. The quantitative estimate of drug-likeness (QED) is 0.355. The van der Waals surface area contributed by atoms with E-state index >= 15 is 0 Å². The van der Waals surface area contributed by atoms with Crippen molar-refractivity contribution in [2.24, 2.45) is 0 Å². The summed E-state index contributed by atoms with van der Waals surface area (Å²) in [5.74, 6) is -0.194. The van der Waals surface area contributed by atoms with E-state index < -0.39 is 0 Å². The number of amides is 2. The first-order chi connectivity index (χ1) is 5.13. The van der Waals surface area contributed by atoms with Crippen LogP contribution in [0, 0.1) is 0 Å². The van der Waals surface area contributed by atoms with Crippen molar-refractivity contribution < 1.29 is 9.59 Å². The molecule has 0 fully saturated rings. The molecule has 0 aromatic carbocycles. The van der Waals surface area contributed by atoms with Crippen LogP contribution in [0.2, 0.25) is 0 Å². The third-order valence-electron chi connectivity index (χ3n) is 0.925. The van der Waals surface area contributed by atoms with Crippen LogP contribution in [0.4, 0.5) is 0 Å². The van der Waals surface area contributed by atoms with E-state index in [0.717, 1.165) is 0 Å². The number of carbonyl (C=O) groups is 2. The fourth-order valence-corrected chi connectivity index (χ4v) is 0.436. The highest BCUT2D eigenvalue weighted by molar-refractivity contribution is 5.73. The Morgan fingerprint density at radius 2 is 1.36 bits per heavy atom. The summed E-state index contributed by atoms with van der Waals surface area (Å²) in [4.78, 5) is 20.6. The van der Waals surface area contributed by atoms with Gasteiger partial charge in [0.2, 0.25) is 11.8 Å². The molecule has 0 aliphatic heterocycles. The molecule has 0 saturated heterocycles. The Balaban J connectivity index is 3.03. The molecule has 0 bridgehead atoms. The normalized spacial score (nSPS) is 8.91. The molecule has 11 heavy (non-hydrogen) atoms. The predicted octanol–water partition coefficient (Wildman–Crippen LogP) is -1.24. The van der Waals surface area contributed by atoms with Crippen LogP contribution in [-0.2, 0) is 9.59 Å². The second-order valence-corrected chi connectivity index (χ2v) is 2.07. The standard InChI is InChI=1S/C6H13N3O2/c1-5(10)8-3-7-4-9-6(2)11/h7H,3-4H2,1-2H3,(H,8,10)(H,9,11). The Bertz CT molecular complexity index is 131. The van der Waals surface area contributed by atoms with E-state index in [2.05, 4.69) is 16.0 Å². The maximum absolute atomic E-state index is 10.3.